The standard InChI is InChI=1S/C73H142O17P2/c1-6-9-12-15-18-21-32-38-42-47-52-57-71(76)84-63-69(90-73(78)59-54-49-44-39-34-31-29-27-25-24-26-28-30-33-35-40-45-50-55-66(4)5)65-88-92(81,82)86-61-67(74)60-85-91(79,80)87-64-68(89-72(77)58-53-48-43-37-23-20-17-14-11-8-3)62-83-70(75)56-51-46-41-36-22-19-16-13-10-7-2/h66-69,74H,6-65H2,1-5H3,(H,79,80)(H,81,82)/t67-,68+,69+/m0/s1. The zero-order valence-corrected chi connectivity index (χ0v) is 61.5. The van der Waals surface area contributed by atoms with Gasteiger partial charge in [-0.25, -0.2) is 9.13 Å². The molecule has 3 N–H and O–H groups in total. The smallest absolute Gasteiger partial charge is 0.462 e. The molecule has 0 saturated carbocycles. The Morgan fingerprint density at radius 1 is 0.293 bits per heavy atom. The third-order valence-electron chi connectivity index (χ3n) is 17.0. The van der Waals surface area contributed by atoms with E-state index in [2.05, 4.69) is 34.6 Å². The van der Waals surface area contributed by atoms with Gasteiger partial charge in [-0.05, 0) is 31.6 Å². The van der Waals surface area contributed by atoms with Crippen molar-refractivity contribution in [2.24, 2.45) is 5.92 Å². The largest absolute Gasteiger partial charge is 0.472 e. The summed E-state index contributed by atoms with van der Waals surface area (Å²) in [5, 5.41) is 10.6. The molecule has 0 aliphatic rings. The van der Waals surface area contributed by atoms with Crippen LogP contribution in [-0.2, 0) is 65.4 Å². The fourth-order valence-electron chi connectivity index (χ4n) is 11.2. The van der Waals surface area contributed by atoms with E-state index in [1.807, 2.05) is 0 Å². The van der Waals surface area contributed by atoms with E-state index in [0.29, 0.717) is 25.7 Å². The van der Waals surface area contributed by atoms with Gasteiger partial charge in [0, 0.05) is 25.7 Å². The Kier molecular flexibility index (Phi) is 64.9. The van der Waals surface area contributed by atoms with Gasteiger partial charge >= 0.3 is 39.5 Å². The number of aliphatic hydroxyl groups excluding tert-OH is 1. The van der Waals surface area contributed by atoms with Crippen LogP contribution < -0.4 is 0 Å². The second-order valence-electron chi connectivity index (χ2n) is 26.8. The third-order valence-corrected chi connectivity index (χ3v) is 18.9. The van der Waals surface area contributed by atoms with E-state index in [1.165, 1.54) is 205 Å². The van der Waals surface area contributed by atoms with Gasteiger partial charge in [0.25, 0.3) is 0 Å². The van der Waals surface area contributed by atoms with Crippen molar-refractivity contribution in [2.45, 2.75) is 400 Å². The lowest BCUT2D eigenvalue weighted by Crippen LogP contribution is -2.30. The van der Waals surface area contributed by atoms with Gasteiger partial charge in [0.15, 0.2) is 12.2 Å². The Morgan fingerprint density at radius 2 is 0.500 bits per heavy atom. The van der Waals surface area contributed by atoms with Crippen LogP contribution in [0, 0.1) is 5.92 Å². The number of hydrogen-bond donors (Lipinski definition) is 3. The molecule has 17 nitrogen and oxygen atoms in total. The lowest BCUT2D eigenvalue weighted by atomic mass is 10.0. The number of carbonyl (C=O) groups excluding carboxylic acids is 4. The van der Waals surface area contributed by atoms with E-state index in [9.17, 15) is 43.2 Å². The molecule has 0 aromatic heterocycles. The number of esters is 4. The molecule has 5 atom stereocenters. The van der Waals surface area contributed by atoms with Crippen LogP contribution in [0.2, 0.25) is 0 Å². The maximum Gasteiger partial charge on any atom is 0.472 e. The molecule has 0 aliphatic heterocycles. The predicted octanol–water partition coefficient (Wildman–Crippen LogP) is 21.3. The fourth-order valence-corrected chi connectivity index (χ4v) is 12.8. The van der Waals surface area contributed by atoms with Crippen molar-refractivity contribution in [3.05, 3.63) is 0 Å². The van der Waals surface area contributed by atoms with Gasteiger partial charge in [-0.3, -0.25) is 37.3 Å². The minimum absolute atomic E-state index is 0.107. The summed E-state index contributed by atoms with van der Waals surface area (Å²) in [5.74, 6) is -1.30. The van der Waals surface area contributed by atoms with Gasteiger partial charge in [-0.15, -0.1) is 0 Å². The van der Waals surface area contributed by atoms with Crippen LogP contribution in [0.1, 0.15) is 381 Å². The van der Waals surface area contributed by atoms with Crippen LogP contribution in [0.3, 0.4) is 0 Å². The van der Waals surface area contributed by atoms with Crippen LogP contribution in [0.15, 0.2) is 0 Å². The topological polar surface area (TPSA) is 237 Å². The molecule has 0 heterocycles. The Bertz CT molecular complexity index is 1770. The summed E-state index contributed by atoms with van der Waals surface area (Å²) in [7, 11) is -9.90. The summed E-state index contributed by atoms with van der Waals surface area (Å²) in [6, 6.07) is 0. The highest BCUT2D eigenvalue weighted by molar-refractivity contribution is 7.47. The summed E-state index contributed by atoms with van der Waals surface area (Å²) in [4.78, 5) is 72.5. The minimum Gasteiger partial charge on any atom is -0.462 e. The molecular formula is C73H142O17P2. The lowest BCUT2D eigenvalue weighted by molar-refractivity contribution is -0.161. The van der Waals surface area contributed by atoms with E-state index >= 15 is 0 Å². The van der Waals surface area contributed by atoms with Crippen LogP contribution in [0.25, 0.3) is 0 Å². The highest BCUT2D eigenvalue weighted by atomic mass is 31.2. The number of ether oxygens (including phenoxy) is 4. The molecule has 0 aromatic rings. The normalized spacial score (nSPS) is 14.0. The number of phosphoric ester groups is 2. The van der Waals surface area contributed by atoms with Crippen molar-refractivity contribution in [3.63, 3.8) is 0 Å². The predicted molar refractivity (Wildman–Crippen MR) is 372 cm³/mol. The van der Waals surface area contributed by atoms with Gasteiger partial charge < -0.3 is 33.8 Å². The maximum absolute atomic E-state index is 13.0. The molecular weight excluding hydrogens is 1210 g/mol. The highest BCUT2D eigenvalue weighted by Gasteiger charge is 2.30. The lowest BCUT2D eigenvalue weighted by Gasteiger charge is -2.21. The molecule has 19 heteroatoms. The molecule has 0 saturated heterocycles. The summed E-state index contributed by atoms with van der Waals surface area (Å²) in [6.07, 6.45) is 54.1. The highest BCUT2D eigenvalue weighted by Crippen LogP contribution is 2.45. The van der Waals surface area contributed by atoms with Crippen LogP contribution in [0.4, 0.5) is 0 Å². The summed E-state index contributed by atoms with van der Waals surface area (Å²) in [6.45, 7) is 7.28. The average Bonchev–Trinajstić information content (AvgIpc) is 2.65. The van der Waals surface area contributed by atoms with E-state index in [4.69, 9.17) is 37.0 Å². The Balaban J connectivity index is 5.16. The van der Waals surface area contributed by atoms with Crippen molar-refractivity contribution in [2.75, 3.05) is 39.6 Å². The first-order valence-corrected chi connectivity index (χ1v) is 41.1. The van der Waals surface area contributed by atoms with Crippen LogP contribution in [0.5, 0.6) is 0 Å². The zero-order valence-electron chi connectivity index (χ0n) is 59.7. The molecule has 546 valence electrons. The summed E-state index contributed by atoms with van der Waals surface area (Å²) in [5.41, 5.74) is 0. The number of phosphoric acid groups is 2. The van der Waals surface area contributed by atoms with Gasteiger partial charge in [0.2, 0.25) is 0 Å². The van der Waals surface area contributed by atoms with Gasteiger partial charge in [0.1, 0.15) is 19.3 Å². The third kappa shape index (κ3) is 66.7. The molecule has 0 bridgehead atoms. The monoisotopic (exact) mass is 1350 g/mol. The molecule has 0 rings (SSSR count). The average molecular weight is 1350 g/mol. The number of carbonyl (C=O) groups is 4. The molecule has 0 aromatic carbocycles. The first-order valence-electron chi connectivity index (χ1n) is 38.1. The van der Waals surface area contributed by atoms with Crippen molar-refractivity contribution in [1.82, 2.24) is 0 Å². The molecule has 2 unspecified atom stereocenters. The molecule has 0 amide bonds. The fraction of sp³-hybridized carbons (Fsp3) is 0.945. The van der Waals surface area contributed by atoms with Crippen molar-refractivity contribution in [1.29, 1.82) is 0 Å². The summed E-state index contributed by atoms with van der Waals surface area (Å²) < 4.78 is 68.3. The zero-order chi connectivity index (χ0) is 67.7. The molecule has 0 spiro atoms. The second-order valence-corrected chi connectivity index (χ2v) is 29.7. The van der Waals surface area contributed by atoms with E-state index in [1.54, 1.807) is 0 Å². The number of rotatable bonds is 73. The Labute approximate surface area is 562 Å². The Morgan fingerprint density at radius 3 is 0.739 bits per heavy atom. The van der Waals surface area contributed by atoms with E-state index in [-0.39, 0.29) is 25.7 Å². The van der Waals surface area contributed by atoms with Crippen molar-refractivity contribution in [3.8, 4) is 0 Å². The van der Waals surface area contributed by atoms with Crippen LogP contribution in [-0.4, -0.2) is 96.7 Å². The first kappa shape index (κ1) is 90.1. The summed E-state index contributed by atoms with van der Waals surface area (Å²) >= 11 is 0. The maximum atomic E-state index is 13.0. The number of unbranched alkanes of at least 4 members (excludes halogenated alkanes) is 45. The SMILES string of the molecule is CCCCCCCCCCCCCC(=O)OC[C@H](COP(=O)(O)OC[C@@H](O)COP(=O)(O)OC[C@@H](COC(=O)CCCCCCCCCCCC)OC(=O)CCCCCCCCCCCC)OC(=O)CCCCCCCCCCCCCCCCCCCCC(C)C. The first-order chi connectivity index (χ1) is 44.5. The number of hydrogen-bond acceptors (Lipinski definition) is 15. The number of aliphatic hydroxyl groups is 1. The minimum atomic E-state index is -4.95. The van der Waals surface area contributed by atoms with Crippen LogP contribution >= 0.6 is 15.6 Å². The molecule has 0 fully saturated rings. The molecule has 0 aliphatic carbocycles. The van der Waals surface area contributed by atoms with Gasteiger partial charge in [0.05, 0.1) is 26.4 Å². The molecule has 0 radical (unpaired) electrons. The van der Waals surface area contributed by atoms with E-state index < -0.39 is 97.5 Å². The van der Waals surface area contributed by atoms with Crippen molar-refractivity contribution >= 4 is 39.5 Å². The van der Waals surface area contributed by atoms with Gasteiger partial charge in [-0.2, -0.15) is 0 Å². The van der Waals surface area contributed by atoms with E-state index in [0.717, 1.165) is 95.8 Å². The second kappa shape index (κ2) is 66.3. The van der Waals surface area contributed by atoms with Gasteiger partial charge in [-0.1, -0.05) is 330 Å². The quantitative estimate of drug-likeness (QED) is 0.0222. The van der Waals surface area contributed by atoms with Crippen molar-refractivity contribution < 1.29 is 80.2 Å². The molecule has 92 heavy (non-hydrogen) atoms. The Hall–Kier alpha value is -1.94.